The molecule has 1 heterocycles. The number of aromatic amines is 1. The van der Waals surface area contributed by atoms with Crippen molar-refractivity contribution in [3.63, 3.8) is 0 Å². The van der Waals surface area contributed by atoms with Crippen molar-refractivity contribution in [1.82, 2.24) is 4.98 Å². The van der Waals surface area contributed by atoms with Crippen LogP contribution in [0.25, 0.3) is 0 Å². The Labute approximate surface area is 160 Å². The predicted octanol–water partition coefficient (Wildman–Crippen LogP) is 2.21. The number of hydrogen-bond acceptors (Lipinski definition) is 8. The lowest BCUT2D eigenvalue weighted by Gasteiger charge is -2.09. The van der Waals surface area contributed by atoms with E-state index in [-0.39, 0.29) is 28.1 Å². The molecule has 0 fully saturated rings. The topological polar surface area (TPSA) is 121 Å². The SMILES string of the molecule is COC(=O)c1cc(OC(=O)c2[nH]c(C)c(C(=O)OC)c2C)cc(C(=O)OC)c1. The Bertz CT molecular complexity index is 923. The summed E-state index contributed by atoms with van der Waals surface area (Å²) >= 11 is 0. The van der Waals surface area contributed by atoms with Crippen LogP contribution in [0.5, 0.6) is 5.75 Å². The number of benzene rings is 1. The normalized spacial score (nSPS) is 10.2. The Kier molecular flexibility index (Phi) is 6.19. The lowest BCUT2D eigenvalue weighted by molar-refractivity contribution is 0.0584. The number of aryl methyl sites for hydroxylation is 1. The lowest BCUT2D eigenvalue weighted by Crippen LogP contribution is -2.13. The van der Waals surface area contributed by atoms with Gasteiger partial charge in [0.15, 0.2) is 0 Å². The lowest BCUT2D eigenvalue weighted by atomic mass is 10.1. The first-order valence-electron chi connectivity index (χ1n) is 8.04. The molecule has 1 N–H and O–H groups in total. The number of esters is 4. The molecular weight excluding hydrogens is 370 g/mol. The van der Waals surface area contributed by atoms with Crippen molar-refractivity contribution in [1.29, 1.82) is 0 Å². The van der Waals surface area contributed by atoms with E-state index in [2.05, 4.69) is 14.5 Å². The molecule has 2 aromatic rings. The molecular formula is C19H19NO8. The first-order valence-corrected chi connectivity index (χ1v) is 8.04. The number of carbonyl (C=O) groups excluding carboxylic acids is 4. The monoisotopic (exact) mass is 389 g/mol. The molecule has 0 radical (unpaired) electrons. The highest BCUT2D eigenvalue weighted by Crippen LogP contribution is 2.23. The molecule has 0 unspecified atom stereocenters. The van der Waals surface area contributed by atoms with Gasteiger partial charge in [0.25, 0.3) is 0 Å². The molecule has 0 saturated heterocycles. The maximum Gasteiger partial charge on any atom is 0.360 e. The average Bonchev–Trinajstić information content (AvgIpc) is 2.99. The van der Waals surface area contributed by atoms with Crippen LogP contribution in [0, 0.1) is 13.8 Å². The second-order valence-corrected chi connectivity index (χ2v) is 5.74. The fourth-order valence-electron chi connectivity index (χ4n) is 2.65. The van der Waals surface area contributed by atoms with Gasteiger partial charge in [-0.25, -0.2) is 19.2 Å². The molecule has 0 amide bonds. The molecule has 2 rings (SSSR count). The third kappa shape index (κ3) is 4.03. The van der Waals surface area contributed by atoms with Gasteiger partial charge in [-0.15, -0.1) is 0 Å². The van der Waals surface area contributed by atoms with Gasteiger partial charge in [0.1, 0.15) is 11.4 Å². The minimum absolute atomic E-state index is 0.00263. The Balaban J connectivity index is 2.42. The third-order valence-electron chi connectivity index (χ3n) is 3.99. The highest BCUT2D eigenvalue weighted by Gasteiger charge is 2.24. The van der Waals surface area contributed by atoms with Crippen molar-refractivity contribution in [2.24, 2.45) is 0 Å². The first kappa shape index (κ1) is 20.7. The Hall–Kier alpha value is -3.62. The number of H-pyrrole nitrogens is 1. The van der Waals surface area contributed by atoms with Crippen LogP contribution in [0.15, 0.2) is 18.2 Å². The zero-order valence-electron chi connectivity index (χ0n) is 16.0. The quantitative estimate of drug-likeness (QED) is 0.469. The molecule has 0 aliphatic carbocycles. The molecule has 9 heteroatoms. The molecule has 1 aromatic heterocycles. The zero-order chi connectivity index (χ0) is 21.0. The van der Waals surface area contributed by atoms with Gasteiger partial charge in [-0.1, -0.05) is 0 Å². The highest BCUT2D eigenvalue weighted by molar-refractivity contribution is 6.00. The van der Waals surface area contributed by atoms with Gasteiger partial charge in [0.2, 0.25) is 0 Å². The fourth-order valence-corrected chi connectivity index (χ4v) is 2.65. The van der Waals surface area contributed by atoms with Gasteiger partial charge < -0.3 is 23.9 Å². The fraction of sp³-hybridized carbons (Fsp3) is 0.263. The second kappa shape index (κ2) is 8.38. The molecule has 0 spiro atoms. The van der Waals surface area contributed by atoms with Crippen LogP contribution in [0.2, 0.25) is 0 Å². The summed E-state index contributed by atoms with van der Waals surface area (Å²) in [6.45, 7) is 3.18. The summed E-state index contributed by atoms with van der Waals surface area (Å²) in [5.74, 6) is -2.91. The van der Waals surface area contributed by atoms with E-state index in [0.29, 0.717) is 11.3 Å². The van der Waals surface area contributed by atoms with Crippen LogP contribution in [-0.4, -0.2) is 50.2 Å². The number of carbonyl (C=O) groups is 4. The van der Waals surface area contributed by atoms with Gasteiger partial charge in [0, 0.05) is 5.69 Å². The standard InChI is InChI=1S/C19H19NO8/c1-9-14(18(23)27-5)10(2)20-15(9)19(24)28-13-7-11(16(21)25-3)6-12(8-13)17(22)26-4/h6-8,20H,1-5H3. The summed E-state index contributed by atoms with van der Waals surface area (Å²) in [5, 5.41) is 0. The van der Waals surface area contributed by atoms with Crippen molar-refractivity contribution in [2.75, 3.05) is 21.3 Å². The third-order valence-corrected chi connectivity index (χ3v) is 3.99. The van der Waals surface area contributed by atoms with E-state index in [1.54, 1.807) is 13.8 Å². The van der Waals surface area contributed by atoms with E-state index in [0.717, 1.165) is 0 Å². The molecule has 148 valence electrons. The van der Waals surface area contributed by atoms with E-state index >= 15 is 0 Å². The van der Waals surface area contributed by atoms with Crippen LogP contribution in [0.4, 0.5) is 0 Å². The molecule has 0 aliphatic heterocycles. The second-order valence-electron chi connectivity index (χ2n) is 5.74. The van der Waals surface area contributed by atoms with Crippen LogP contribution in [0.3, 0.4) is 0 Å². The summed E-state index contributed by atoms with van der Waals surface area (Å²) in [4.78, 5) is 50.9. The summed E-state index contributed by atoms with van der Waals surface area (Å²) in [6.07, 6.45) is 0. The molecule has 0 bridgehead atoms. The summed E-state index contributed by atoms with van der Waals surface area (Å²) < 4.78 is 19.3. The van der Waals surface area contributed by atoms with Gasteiger partial charge in [-0.2, -0.15) is 0 Å². The van der Waals surface area contributed by atoms with E-state index in [4.69, 9.17) is 9.47 Å². The summed E-state index contributed by atoms with van der Waals surface area (Å²) in [7, 11) is 3.59. The summed E-state index contributed by atoms with van der Waals surface area (Å²) in [6, 6.07) is 3.76. The van der Waals surface area contributed by atoms with Crippen LogP contribution < -0.4 is 4.74 Å². The van der Waals surface area contributed by atoms with E-state index in [1.165, 1.54) is 39.5 Å². The minimum atomic E-state index is -0.811. The number of rotatable bonds is 5. The maximum atomic E-state index is 12.6. The Morgan fingerprint density at radius 3 is 1.71 bits per heavy atom. The Morgan fingerprint density at radius 2 is 1.25 bits per heavy atom. The number of ether oxygens (including phenoxy) is 4. The van der Waals surface area contributed by atoms with Gasteiger partial charge >= 0.3 is 23.9 Å². The molecule has 0 saturated carbocycles. The van der Waals surface area contributed by atoms with Crippen molar-refractivity contribution in [3.05, 3.63) is 51.8 Å². The largest absolute Gasteiger partial charge is 0.465 e. The number of aromatic nitrogens is 1. The molecule has 9 nitrogen and oxygen atoms in total. The van der Waals surface area contributed by atoms with Crippen molar-refractivity contribution >= 4 is 23.9 Å². The molecule has 1 aromatic carbocycles. The van der Waals surface area contributed by atoms with Crippen molar-refractivity contribution < 1.29 is 38.1 Å². The first-order chi connectivity index (χ1) is 13.2. The van der Waals surface area contributed by atoms with E-state index in [9.17, 15) is 19.2 Å². The smallest absolute Gasteiger partial charge is 0.360 e. The van der Waals surface area contributed by atoms with Crippen molar-refractivity contribution in [3.8, 4) is 5.75 Å². The average molecular weight is 389 g/mol. The molecule has 0 atom stereocenters. The Morgan fingerprint density at radius 1 is 0.750 bits per heavy atom. The van der Waals surface area contributed by atoms with Crippen LogP contribution >= 0.6 is 0 Å². The maximum absolute atomic E-state index is 12.6. The molecule has 28 heavy (non-hydrogen) atoms. The highest BCUT2D eigenvalue weighted by atomic mass is 16.5. The minimum Gasteiger partial charge on any atom is -0.465 e. The van der Waals surface area contributed by atoms with Crippen molar-refractivity contribution in [2.45, 2.75) is 13.8 Å². The number of methoxy groups -OCH3 is 3. The van der Waals surface area contributed by atoms with Gasteiger partial charge in [-0.05, 0) is 37.6 Å². The zero-order valence-corrected chi connectivity index (χ0v) is 16.0. The van der Waals surface area contributed by atoms with Gasteiger partial charge in [-0.3, -0.25) is 0 Å². The van der Waals surface area contributed by atoms with E-state index < -0.39 is 23.9 Å². The van der Waals surface area contributed by atoms with Gasteiger partial charge in [0.05, 0.1) is 38.0 Å². The molecule has 0 aliphatic rings. The number of hydrogen-bond donors (Lipinski definition) is 1. The predicted molar refractivity (Wildman–Crippen MR) is 95.7 cm³/mol. The van der Waals surface area contributed by atoms with Crippen LogP contribution in [0.1, 0.15) is 52.8 Å². The van der Waals surface area contributed by atoms with E-state index in [1.807, 2.05) is 0 Å². The summed E-state index contributed by atoms with van der Waals surface area (Å²) in [5.41, 5.74) is 1.07. The van der Waals surface area contributed by atoms with Crippen LogP contribution in [-0.2, 0) is 14.2 Å². The number of nitrogens with one attached hydrogen (secondary N) is 1.